The Morgan fingerprint density at radius 3 is 2.25 bits per heavy atom. The minimum atomic E-state index is 0.0772. The number of ether oxygens (including phenoxy) is 1. The van der Waals surface area contributed by atoms with Crippen LogP contribution in [0.25, 0.3) is 0 Å². The first-order valence-electron chi connectivity index (χ1n) is 8.44. The van der Waals surface area contributed by atoms with Gasteiger partial charge in [-0.15, -0.1) is 0 Å². The molecule has 0 bridgehead atoms. The summed E-state index contributed by atoms with van der Waals surface area (Å²) in [5, 5.41) is 6.34. The lowest BCUT2D eigenvalue weighted by molar-refractivity contribution is -0.120. The van der Waals surface area contributed by atoms with Gasteiger partial charge in [-0.1, -0.05) is 32.0 Å². The maximum absolute atomic E-state index is 12.1. The molecule has 128 valence electrons. The predicted octanol–water partition coefficient (Wildman–Crippen LogP) is 4.68. The summed E-state index contributed by atoms with van der Waals surface area (Å²) in [5.41, 5.74) is 2.93. The molecule has 2 aromatic rings. The molecule has 0 aliphatic rings. The van der Waals surface area contributed by atoms with Crippen molar-refractivity contribution in [2.75, 3.05) is 17.7 Å². The van der Waals surface area contributed by atoms with E-state index in [1.54, 1.807) is 7.11 Å². The molecule has 0 saturated heterocycles. The zero-order valence-corrected chi connectivity index (χ0v) is 14.6. The van der Waals surface area contributed by atoms with Crippen molar-refractivity contribution < 1.29 is 9.53 Å². The van der Waals surface area contributed by atoms with E-state index in [2.05, 4.69) is 10.6 Å². The topological polar surface area (TPSA) is 50.4 Å². The van der Waals surface area contributed by atoms with Gasteiger partial charge in [0, 0.05) is 29.4 Å². The number of hydrogen-bond acceptors (Lipinski definition) is 3. The highest BCUT2D eigenvalue weighted by Crippen LogP contribution is 2.20. The number of hydrogen-bond donors (Lipinski definition) is 2. The molecule has 0 fully saturated rings. The van der Waals surface area contributed by atoms with Gasteiger partial charge in [-0.2, -0.15) is 0 Å². The maximum Gasteiger partial charge on any atom is 0.227 e. The molecule has 2 aromatic carbocycles. The van der Waals surface area contributed by atoms with Crippen LogP contribution in [-0.4, -0.2) is 13.0 Å². The summed E-state index contributed by atoms with van der Waals surface area (Å²) in [6, 6.07) is 15.7. The van der Waals surface area contributed by atoms with Crippen molar-refractivity contribution in [3.05, 3.63) is 54.1 Å². The second-order valence-corrected chi connectivity index (χ2v) is 5.75. The third-order valence-corrected chi connectivity index (χ3v) is 4.18. The van der Waals surface area contributed by atoms with Crippen LogP contribution in [0.5, 0.6) is 5.75 Å². The summed E-state index contributed by atoms with van der Waals surface area (Å²) in [6.45, 7) is 4.76. The van der Waals surface area contributed by atoms with E-state index in [-0.39, 0.29) is 11.8 Å². The van der Waals surface area contributed by atoms with Gasteiger partial charge in [0.05, 0.1) is 7.11 Å². The van der Waals surface area contributed by atoms with E-state index in [0.29, 0.717) is 6.54 Å². The molecule has 1 amide bonds. The number of carbonyl (C=O) groups excluding carboxylic acids is 1. The number of nitrogens with one attached hydrogen (secondary N) is 2. The van der Waals surface area contributed by atoms with Crippen LogP contribution in [0, 0.1) is 5.92 Å². The van der Waals surface area contributed by atoms with Crippen LogP contribution in [0.15, 0.2) is 48.5 Å². The Kier molecular flexibility index (Phi) is 6.67. The molecule has 4 heteroatoms. The maximum atomic E-state index is 12.1. The van der Waals surface area contributed by atoms with Gasteiger partial charge in [0.1, 0.15) is 5.75 Å². The molecule has 0 heterocycles. The fraction of sp³-hybridized carbons (Fsp3) is 0.350. The quantitative estimate of drug-likeness (QED) is 0.740. The van der Waals surface area contributed by atoms with Crippen molar-refractivity contribution in [1.82, 2.24) is 0 Å². The highest BCUT2D eigenvalue weighted by Gasteiger charge is 2.13. The van der Waals surface area contributed by atoms with Crippen molar-refractivity contribution in [2.45, 2.75) is 33.2 Å². The van der Waals surface area contributed by atoms with E-state index in [9.17, 15) is 4.79 Å². The van der Waals surface area contributed by atoms with Crippen molar-refractivity contribution in [3.63, 3.8) is 0 Å². The lowest BCUT2D eigenvalue weighted by atomic mass is 10.0. The van der Waals surface area contributed by atoms with Crippen LogP contribution >= 0.6 is 0 Å². The molecule has 0 saturated carbocycles. The van der Waals surface area contributed by atoms with Gasteiger partial charge in [-0.3, -0.25) is 4.79 Å². The molecule has 0 atom stereocenters. The molecule has 0 unspecified atom stereocenters. The Morgan fingerprint density at radius 1 is 1.00 bits per heavy atom. The molecule has 4 nitrogen and oxygen atoms in total. The number of carbonyl (C=O) groups is 1. The van der Waals surface area contributed by atoms with Crippen LogP contribution in [0.2, 0.25) is 0 Å². The second kappa shape index (κ2) is 8.96. The number of anilines is 2. The first kappa shape index (κ1) is 17.9. The number of benzene rings is 2. The molecule has 24 heavy (non-hydrogen) atoms. The van der Waals surface area contributed by atoms with Gasteiger partial charge >= 0.3 is 0 Å². The van der Waals surface area contributed by atoms with E-state index >= 15 is 0 Å². The lowest BCUT2D eigenvalue weighted by Crippen LogP contribution is -2.21. The van der Waals surface area contributed by atoms with E-state index in [4.69, 9.17) is 4.74 Å². The lowest BCUT2D eigenvalue weighted by Gasteiger charge is -2.14. The summed E-state index contributed by atoms with van der Waals surface area (Å²) in [6.07, 6.45) is 1.72. The minimum absolute atomic E-state index is 0.0772. The highest BCUT2D eigenvalue weighted by atomic mass is 16.5. The van der Waals surface area contributed by atoms with Crippen molar-refractivity contribution in [1.29, 1.82) is 0 Å². The van der Waals surface area contributed by atoms with Gasteiger partial charge < -0.3 is 15.4 Å². The van der Waals surface area contributed by atoms with Crippen LogP contribution in [-0.2, 0) is 11.3 Å². The van der Waals surface area contributed by atoms with Gasteiger partial charge in [0.15, 0.2) is 0 Å². The van der Waals surface area contributed by atoms with Crippen molar-refractivity contribution in [3.8, 4) is 5.75 Å². The van der Waals surface area contributed by atoms with Crippen LogP contribution in [0.1, 0.15) is 32.3 Å². The second-order valence-electron chi connectivity index (χ2n) is 5.75. The Bertz CT molecular complexity index is 649. The Labute approximate surface area is 144 Å². The van der Waals surface area contributed by atoms with Crippen LogP contribution < -0.4 is 15.4 Å². The van der Waals surface area contributed by atoms with Gasteiger partial charge in [0.2, 0.25) is 5.91 Å². The first-order chi connectivity index (χ1) is 11.7. The van der Waals surface area contributed by atoms with Gasteiger partial charge in [-0.25, -0.2) is 0 Å². The average molecular weight is 326 g/mol. The number of rotatable bonds is 8. The molecule has 2 N–H and O–H groups in total. The standard InChI is InChI=1S/C20H26N2O2/c1-4-15(5-2)20(23)22-18-12-10-17(11-13-18)21-14-16-8-6-7-9-19(16)24-3/h6-13,15,21H,4-5,14H2,1-3H3,(H,22,23). The third-order valence-electron chi connectivity index (χ3n) is 4.18. The Balaban J connectivity index is 1.93. The minimum Gasteiger partial charge on any atom is -0.496 e. The highest BCUT2D eigenvalue weighted by molar-refractivity contribution is 5.92. The monoisotopic (exact) mass is 326 g/mol. The zero-order chi connectivity index (χ0) is 17.4. The molecule has 0 aliphatic carbocycles. The molecule has 0 spiro atoms. The molecule has 0 aliphatic heterocycles. The summed E-state index contributed by atoms with van der Waals surface area (Å²) < 4.78 is 5.35. The summed E-state index contributed by atoms with van der Waals surface area (Å²) in [7, 11) is 1.68. The Morgan fingerprint density at radius 2 is 1.62 bits per heavy atom. The molecular weight excluding hydrogens is 300 g/mol. The fourth-order valence-corrected chi connectivity index (χ4v) is 2.62. The Hall–Kier alpha value is -2.49. The molecule has 2 rings (SSSR count). The normalized spacial score (nSPS) is 10.5. The number of methoxy groups -OCH3 is 1. The van der Waals surface area contributed by atoms with Crippen LogP contribution in [0.3, 0.4) is 0 Å². The molecular formula is C20H26N2O2. The largest absolute Gasteiger partial charge is 0.496 e. The summed E-state index contributed by atoms with van der Waals surface area (Å²) >= 11 is 0. The first-order valence-corrected chi connectivity index (χ1v) is 8.44. The molecule has 0 aromatic heterocycles. The van der Waals surface area contributed by atoms with Gasteiger partial charge in [-0.05, 0) is 43.2 Å². The van der Waals surface area contributed by atoms with E-state index in [1.165, 1.54) is 0 Å². The molecule has 0 radical (unpaired) electrons. The predicted molar refractivity (Wildman–Crippen MR) is 99.5 cm³/mol. The third kappa shape index (κ3) is 4.75. The zero-order valence-electron chi connectivity index (χ0n) is 14.6. The summed E-state index contributed by atoms with van der Waals surface area (Å²) in [4.78, 5) is 12.1. The number of amides is 1. The smallest absolute Gasteiger partial charge is 0.227 e. The van der Waals surface area contributed by atoms with E-state index in [1.807, 2.05) is 62.4 Å². The summed E-state index contributed by atoms with van der Waals surface area (Å²) in [5.74, 6) is 1.04. The van der Waals surface area contributed by atoms with Crippen LogP contribution in [0.4, 0.5) is 11.4 Å². The fourth-order valence-electron chi connectivity index (χ4n) is 2.62. The van der Waals surface area contributed by atoms with Crippen molar-refractivity contribution >= 4 is 17.3 Å². The van der Waals surface area contributed by atoms with E-state index in [0.717, 1.165) is 35.5 Å². The number of para-hydroxylation sites is 1. The van der Waals surface area contributed by atoms with Gasteiger partial charge in [0.25, 0.3) is 0 Å². The van der Waals surface area contributed by atoms with E-state index < -0.39 is 0 Å². The van der Waals surface area contributed by atoms with Crippen molar-refractivity contribution in [2.24, 2.45) is 5.92 Å². The SMILES string of the molecule is CCC(CC)C(=O)Nc1ccc(NCc2ccccc2OC)cc1. The average Bonchev–Trinajstić information content (AvgIpc) is 2.62.